The highest BCUT2D eigenvalue weighted by molar-refractivity contribution is 7.85. The third-order valence-corrected chi connectivity index (χ3v) is 6.43. The molecule has 0 bridgehead atoms. The van der Waals surface area contributed by atoms with Crippen molar-refractivity contribution in [2.45, 2.75) is 55.1 Å². The van der Waals surface area contributed by atoms with Crippen LogP contribution in [0.1, 0.15) is 38.5 Å². The van der Waals surface area contributed by atoms with E-state index in [2.05, 4.69) is 0 Å². The van der Waals surface area contributed by atoms with Crippen molar-refractivity contribution in [1.82, 2.24) is 0 Å². The van der Waals surface area contributed by atoms with E-state index in [0.29, 0.717) is 21.4 Å². The molecule has 2 N–H and O–H groups in total. The van der Waals surface area contributed by atoms with Crippen LogP contribution < -0.4 is 5.73 Å². The minimum absolute atomic E-state index is 0.0737. The molecule has 1 spiro atoms. The topological polar surface area (TPSA) is 52.3 Å². The third kappa shape index (κ3) is 2.74. The summed E-state index contributed by atoms with van der Waals surface area (Å²) < 4.78 is 18.7. The number of anilines is 1. The van der Waals surface area contributed by atoms with E-state index in [1.165, 1.54) is 12.8 Å². The molecule has 2 unspecified atom stereocenters. The van der Waals surface area contributed by atoms with Crippen molar-refractivity contribution < 1.29 is 8.95 Å². The third-order valence-electron chi connectivity index (χ3n) is 4.42. The second-order valence-electron chi connectivity index (χ2n) is 5.84. The minimum Gasteiger partial charge on any atom is -0.398 e. The summed E-state index contributed by atoms with van der Waals surface area (Å²) in [4.78, 5) is 0.560. The summed E-state index contributed by atoms with van der Waals surface area (Å²) in [5, 5.41) is 0.483. The van der Waals surface area contributed by atoms with Gasteiger partial charge in [0.2, 0.25) is 0 Å². The zero-order chi connectivity index (χ0) is 14.2. The lowest BCUT2D eigenvalue weighted by Crippen LogP contribution is -2.27. The van der Waals surface area contributed by atoms with Crippen molar-refractivity contribution in [3.8, 4) is 0 Å². The molecule has 1 aliphatic carbocycles. The first kappa shape index (κ1) is 14.4. The van der Waals surface area contributed by atoms with Gasteiger partial charge < -0.3 is 10.5 Å². The Balaban J connectivity index is 1.68. The van der Waals surface area contributed by atoms with E-state index in [9.17, 15) is 4.21 Å². The molecule has 0 amide bonds. The predicted octanol–water partition coefficient (Wildman–Crippen LogP) is 3.52. The van der Waals surface area contributed by atoms with Crippen molar-refractivity contribution in [1.29, 1.82) is 0 Å². The molecule has 1 saturated carbocycles. The van der Waals surface area contributed by atoms with Crippen molar-refractivity contribution in [2.24, 2.45) is 0 Å². The van der Waals surface area contributed by atoms with Crippen LogP contribution in [0.25, 0.3) is 0 Å². The van der Waals surface area contributed by atoms with E-state index in [0.717, 1.165) is 25.7 Å². The smallest absolute Gasteiger partial charge is 0.0804 e. The Hall–Kier alpha value is -0.580. The van der Waals surface area contributed by atoms with E-state index in [-0.39, 0.29) is 11.7 Å². The SMILES string of the molecule is Nc1cccc(Cl)c1S(=O)CC1CCC2(CCCC2)O1. The lowest BCUT2D eigenvalue weighted by atomic mass is 9.98. The summed E-state index contributed by atoms with van der Waals surface area (Å²) in [6.07, 6.45) is 7.00. The van der Waals surface area contributed by atoms with Gasteiger partial charge in [0, 0.05) is 5.69 Å². The number of hydrogen-bond donors (Lipinski definition) is 1. The maximum atomic E-state index is 12.5. The summed E-state index contributed by atoms with van der Waals surface area (Å²) in [5.41, 5.74) is 6.48. The summed E-state index contributed by atoms with van der Waals surface area (Å²) in [7, 11) is -1.20. The Kier molecular flexibility index (Phi) is 4.07. The van der Waals surface area contributed by atoms with E-state index in [1.54, 1.807) is 18.2 Å². The van der Waals surface area contributed by atoms with Gasteiger partial charge in [-0.25, -0.2) is 0 Å². The second-order valence-corrected chi connectivity index (χ2v) is 7.68. The fraction of sp³-hybridized carbons (Fsp3) is 0.600. The largest absolute Gasteiger partial charge is 0.398 e. The van der Waals surface area contributed by atoms with Gasteiger partial charge >= 0.3 is 0 Å². The summed E-state index contributed by atoms with van der Waals surface area (Å²) in [6.45, 7) is 0. The molecule has 1 heterocycles. The maximum Gasteiger partial charge on any atom is 0.0804 e. The van der Waals surface area contributed by atoms with Crippen LogP contribution in [0.2, 0.25) is 5.02 Å². The summed E-state index contributed by atoms with van der Waals surface area (Å²) in [5.74, 6) is 0.496. The van der Waals surface area contributed by atoms with Crippen LogP contribution in [0.4, 0.5) is 5.69 Å². The van der Waals surface area contributed by atoms with Gasteiger partial charge in [0.05, 0.1) is 38.2 Å². The fourth-order valence-corrected chi connectivity index (χ4v) is 5.21. The summed E-state index contributed by atoms with van der Waals surface area (Å²) >= 11 is 6.12. The molecule has 2 fully saturated rings. The Morgan fingerprint density at radius 2 is 2.10 bits per heavy atom. The first-order valence-electron chi connectivity index (χ1n) is 7.20. The zero-order valence-corrected chi connectivity index (χ0v) is 13.0. The second kappa shape index (κ2) is 5.66. The predicted molar refractivity (Wildman–Crippen MR) is 82.4 cm³/mol. The molecule has 2 atom stereocenters. The van der Waals surface area contributed by atoms with Gasteiger partial charge in [-0.1, -0.05) is 30.5 Å². The molecule has 0 radical (unpaired) electrons. The molecule has 1 aromatic rings. The molecule has 1 aromatic carbocycles. The molecule has 20 heavy (non-hydrogen) atoms. The van der Waals surface area contributed by atoms with Gasteiger partial charge in [-0.2, -0.15) is 0 Å². The molecule has 3 rings (SSSR count). The van der Waals surface area contributed by atoms with Gasteiger partial charge in [0.25, 0.3) is 0 Å². The lowest BCUT2D eigenvalue weighted by Gasteiger charge is -2.23. The van der Waals surface area contributed by atoms with Gasteiger partial charge in [-0.15, -0.1) is 0 Å². The van der Waals surface area contributed by atoms with E-state index >= 15 is 0 Å². The molecule has 3 nitrogen and oxygen atoms in total. The number of rotatable bonds is 3. The number of ether oxygens (including phenoxy) is 1. The highest BCUT2D eigenvalue weighted by Gasteiger charge is 2.42. The lowest BCUT2D eigenvalue weighted by molar-refractivity contribution is -0.0270. The van der Waals surface area contributed by atoms with Gasteiger partial charge in [0.15, 0.2) is 0 Å². The highest BCUT2D eigenvalue weighted by atomic mass is 35.5. The molecule has 0 aromatic heterocycles. The van der Waals surface area contributed by atoms with Crippen molar-refractivity contribution in [3.63, 3.8) is 0 Å². The van der Waals surface area contributed by atoms with Crippen LogP contribution in [-0.2, 0) is 15.5 Å². The Bertz CT molecular complexity index is 508. The number of nitrogen functional groups attached to an aromatic ring is 1. The quantitative estimate of drug-likeness (QED) is 0.869. The summed E-state index contributed by atoms with van der Waals surface area (Å²) in [6, 6.07) is 5.25. The van der Waals surface area contributed by atoms with Crippen molar-refractivity contribution >= 4 is 28.1 Å². The van der Waals surface area contributed by atoms with E-state index in [1.807, 2.05) is 0 Å². The number of halogens is 1. The molecule has 5 heteroatoms. The standard InChI is InChI=1S/C15H20ClNO2S/c16-12-4-3-5-13(17)14(12)20(18)10-11-6-9-15(19-11)7-1-2-8-15/h3-5,11H,1-2,6-10,17H2. The molecule has 1 aliphatic heterocycles. The number of nitrogens with two attached hydrogens (primary N) is 1. The Morgan fingerprint density at radius 1 is 1.35 bits per heavy atom. The normalized spacial score (nSPS) is 26.1. The molecule has 110 valence electrons. The number of hydrogen-bond acceptors (Lipinski definition) is 3. The zero-order valence-electron chi connectivity index (χ0n) is 11.4. The number of benzene rings is 1. The minimum atomic E-state index is -1.20. The van der Waals surface area contributed by atoms with Gasteiger partial charge in [-0.3, -0.25) is 4.21 Å². The average Bonchev–Trinajstić information content (AvgIpc) is 3.00. The van der Waals surface area contributed by atoms with Crippen LogP contribution in [0.3, 0.4) is 0 Å². The first-order chi connectivity index (χ1) is 9.60. The first-order valence-corrected chi connectivity index (χ1v) is 8.90. The highest BCUT2D eigenvalue weighted by Crippen LogP contribution is 2.43. The molecule has 1 saturated heterocycles. The van der Waals surface area contributed by atoms with Crippen LogP contribution in [0, 0.1) is 0 Å². The fourth-order valence-electron chi connectivity index (χ4n) is 3.42. The van der Waals surface area contributed by atoms with Crippen LogP contribution in [-0.4, -0.2) is 21.7 Å². The van der Waals surface area contributed by atoms with Crippen LogP contribution in [0.5, 0.6) is 0 Å². The molecular formula is C15H20ClNO2S. The monoisotopic (exact) mass is 313 g/mol. The van der Waals surface area contributed by atoms with E-state index < -0.39 is 10.8 Å². The Labute approximate surface area is 127 Å². The molecular weight excluding hydrogens is 294 g/mol. The van der Waals surface area contributed by atoms with Crippen molar-refractivity contribution in [2.75, 3.05) is 11.5 Å². The Morgan fingerprint density at radius 3 is 2.80 bits per heavy atom. The maximum absolute atomic E-state index is 12.5. The van der Waals surface area contributed by atoms with Crippen LogP contribution >= 0.6 is 11.6 Å². The van der Waals surface area contributed by atoms with Gasteiger partial charge in [0.1, 0.15) is 0 Å². The molecule has 2 aliphatic rings. The van der Waals surface area contributed by atoms with Gasteiger partial charge in [-0.05, 0) is 37.8 Å². The van der Waals surface area contributed by atoms with Crippen LogP contribution in [0.15, 0.2) is 23.1 Å². The average molecular weight is 314 g/mol. The van der Waals surface area contributed by atoms with Crippen molar-refractivity contribution in [3.05, 3.63) is 23.2 Å². The van der Waals surface area contributed by atoms with E-state index in [4.69, 9.17) is 22.1 Å².